The molecule has 1 N–H and O–H groups in total. The van der Waals surface area contributed by atoms with E-state index in [2.05, 4.69) is 32.9 Å². The molecule has 3 aromatic carbocycles. The van der Waals surface area contributed by atoms with Crippen molar-refractivity contribution in [3.05, 3.63) is 59.4 Å². The molecule has 10 heteroatoms. The summed E-state index contributed by atoms with van der Waals surface area (Å²) in [6, 6.07) is 9.70. The van der Waals surface area contributed by atoms with Crippen LogP contribution in [0.3, 0.4) is 0 Å². The number of nitrogens with one attached hydrogen (secondary N) is 1. The van der Waals surface area contributed by atoms with Crippen molar-refractivity contribution in [1.82, 2.24) is 20.2 Å². The van der Waals surface area contributed by atoms with Gasteiger partial charge in [0.15, 0.2) is 5.82 Å². The maximum atomic E-state index is 16.9. The number of ether oxygens (including phenoxy) is 2. The van der Waals surface area contributed by atoms with Gasteiger partial charge in [-0.3, -0.25) is 0 Å². The Morgan fingerprint density at radius 2 is 1.87 bits per heavy atom. The SMILES string of the molecule is C#Cc1c(F)ccc2cccc(-c3c(F)cc4c(N5C[C@H]6CC[C@@H](C5)N6)nc(OCC5(C)CCCCN(CCOC)C5)nc4c3F)c12. The molecule has 246 valence electrons. The van der Waals surface area contributed by atoms with Gasteiger partial charge in [0, 0.05) is 61.6 Å². The molecule has 7 rings (SSSR count). The van der Waals surface area contributed by atoms with Crippen molar-refractivity contribution < 1.29 is 22.6 Å². The second kappa shape index (κ2) is 12.9. The van der Waals surface area contributed by atoms with Crippen LogP contribution in [0.4, 0.5) is 19.0 Å². The van der Waals surface area contributed by atoms with E-state index in [1.807, 2.05) is 0 Å². The molecule has 1 aromatic heterocycles. The fourth-order valence-electron chi connectivity index (χ4n) is 7.74. The van der Waals surface area contributed by atoms with Gasteiger partial charge in [-0.15, -0.1) is 6.42 Å². The Hall–Kier alpha value is -3.91. The quantitative estimate of drug-likeness (QED) is 0.226. The van der Waals surface area contributed by atoms with E-state index >= 15 is 8.78 Å². The van der Waals surface area contributed by atoms with Crippen LogP contribution in [0, 0.1) is 35.2 Å². The molecule has 3 atom stereocenters. The monoisotopic (exact) mass is 643 g/mol. The molecule has 3 aliphatic heterocycles. The lowest BCUT2D eigenvalue weighted by molar-refractivity contribution is 0.0844. The van der Waals surface area contributed by atoms with Crippen LogP contribution in [-0.2, 0) is 4.74 Å². The number of halogens is 3. The third kappa shape index (κ3) is 6.13. The third-order valence-electron chi connectivity index (χ3n) is 10.0. The maximum Gasteiger partial charge on any atom is 0.319 e. The fraction of sp³-hybridized carbons (Fsp3) is 0.459. The number of anilines is 1. The molecule has 4 heterocycles. The molecule has 0 spiro atoms. The van der Waals surface area contributed by atoms with Crippen molar-refractivity contribution in [3.63, 3.8) is 0 Å². The maximum absolute atomic E-state index is 16.9. The summed E-state index contributed by atoms with van der Waals surface area (Å²) in [5.74, 6) is 0.544. The van der Waals surface area contributed by atoms with Gasteiger partial charge in [0.25, 0.3) is 0 Å². The molecule has 3 fully saturated rings. The van der Waals surface area contributed by atoms with Gasteiger partial charge in [0.05, 0.1) is 24.3 Å². The lowest BCUT2D eigenvalue weighted by Crippen LogP contribution is -2.51. The highest BCUT2D eigenvalue weighted by atomic mass is 19.1. The molecule has 0 aliphatic carbocycles. The summed E-state index contributed by atoms with van der Waals surface area (Å²) in [6.45, 7) is 7.19. The zero-order chi connectivity index (χ0) is 32.7. The average molecular weight is 644 g/mol. The van der Waals surface area contributed by atoms with Crippen LogP contribution in [0.25, 0.3) is 32.8 Å². The number of fused-ring (bicyclic) bond motifs is 4. The predicted octanol–water partition coefficient (Wildman–Crippen LogP) is 6.31. The van der Waals surface area contributed by atoms with E-state index in [1.54, 1.807) is 31.4 Å². The third-order valence-corrected chi connectivity index (χ3v) is 10.0. The van der Waals surface area contributed by atoms with Crippen LogP contribution < -0.4 is 15.0 Å². The van der Waals surface area contributed by atoms with E-state index in [0.717, 1.165) is 51.7 Å². The number of hydrogen-bond acceptors (Lipinski definition) is 7. The number of nitrogens with zero attached hydrogens (tertiary/aromatic N) is 4. The van der Waals surface area contributed by atoms with Crippen LogP contribution >= 0.6 is 0 Å². The number of hydrogen-bond donors (Lipinski definition) is 1. The van der Waals surface area contributed by atoms with E-state index in [0.29, 0.717) is 37.5 Å². The molecule has 0 radical (unpaired) electrons. The fourth-order valence-corrected chi connectivity index (χ4v) is 7.74. The van der Waals surface area contributed by atoms with Crippen LogP contribution in [0.2, 0.25) is 0 Å². The Balaban J connectivity index is 1.33. The van der Waals surface area contributed by atoms with Gasteiger partial charge >= 0.3 is 6.01 Å². The van der Waals surface area contributed by atoms with Gasteiger partial charge in [0.2, 0.25) is 0 Å². The summed E-state index contributed by atoms with van der Waals surface area (Å²) in [5, 5.41) is 4.74. The van der Waals surface area contributed by atoms with Crippen molar-refractivity contribution in [2.75, 3.05) is 57.9 Å². The van der Waals surface area contributed by atoms with E-state index in [9.17, 15) is 4.39 Å². The first-order chi connectivity index (χ1) is 22.8. The summed E-state index contributed by atoms with van der Waals surface area (Å²) in [7, 11) is 1.71. The Labute approximate surface area is 273 Å². The first kappa shape index (κ1) is 31.7. The van der Waals surface area contributed by atoms with Crippen LogP contribution in [-0.4, -0.2) is 80.0 Å². The number of benzene rings is 3. The molecule has 2 bridgehead atoms. The van der Waals surface area contributed by atoms with Crippen molar-refractivity contribution in [2.24, 2.45) is 5.41 Å². The van der Waals surface area contributed by atoms with Crippen molar-refractivity contribution in [1.29, 1.82) is 0 Å². The smallest absolute Gasteiger partial charge is 0.319 e. The summed E-state index contributed by atoms with van der Waals surface area (Å²) in [4.78, 5) is 13.9. The second-order valence-electron chi connectivity index (χ2n) is 13.6. The Morgan fingerprint density at radius 3 is 2.64 bits per heavy atom. The van der Waals surface area contributed by atoms with Gasteiger partial charge in [-0.05, 0) is 55.3 Å². The number of rotatable bonds is 8. The van der Waals surface area contributed by atoms with Gasteiger partial charge in [-0.2, -0.15) is 9.97 Å². The Kier molecular flexibility index (Phi) is 8.73. The van der Waals surface area contributed by atoms with Crippen LogP contribution in [0.15, 0.2) is 36.4 Å². The van der Waals surface area contributed by atoms with E-state index < -0.39 is 17.5 Å². The predicted molar refractivity (Wildman–Crippen MR) is 178 cm³/mol. The summed E-state index contributed by atoms with van der Waals surface area (Å²) >= 11 is 0. The normalized spacial score (nSPS) is 23.3. The first-order valence-electron chi connectivity index (χ1n) is 16.5. The molecule has 0 amide bonds. The molecular weight excluding hydrogens is 603 g/mol. The molecule has 47 heavy (non-hydrogen) atoms. The van der Waals surface area contributed by atoms with Crippen molar-refractivity contribution >= 4 is 27.5 Å². The number of likely N-dealkylation sites (tertiary alicyclic amines) is 1. The molecule has 4 aromatic rings. The molecule has 0 saturated carbocycles. The minimum atomic E-state index is -0.863. The first-order valence-corrected chi connectivity index (χ1v) is 16.5. The van der Waals surface area contributed by atoms with E-state index in [-0.39, 0.29) is 56.5 Å². The zero-order valence-electron chi connectivity index (χ0n) is 26.9. The van der Waals surface area contributed by atoms with Crippen molar-refractivity contribution in [2.45, 2.75) is 51.1 Å². The summed E-state index contributed by atoms with van der Waals surface area (Å²) < 4.78 is 59.6. The standard InChI is InChI=1S/C37H40F3N5O2/c1-4-26-29(38)13-10-23-8-7-9-27(31(23)26)32-30(39)18-28-34(33(32)40)42-36(43-35(28)45-19-24-11-12-25(20-45)41-24)47-22-37(2)14-5-6-15-44(21-37)16-17-46-3/h1,7-10,13,18,24-25,41H,5-6,11-12,14-17,19-22H2,2-3H3/t24-,25+,37?. The molecular formula is C37H40F3N5O2. The summed E-state index contributed by atoms with van der Waals surface area (Å²) in [6.07, 6.45) is 10.9. The number of methoxy groups -OCH3 is 1. The number of aromatic nitrogens is 2. The summed E-state index contributed by atoms with van der Waals surface area (Å²) in [5.41, 5.74) is -0.419. The number of piperazine rings is 1. The van der Waals surface area contributed by atoms with E-state index in [1.165, 1.54) is 12.1 Å². The average Bonchev–Trinajstić information content (AvgIpc) is 3.28. The van der Waals surface area contributed by atoms with Gasteiger partial charge < -0.3 is 24.6 Å². The lowest BCUT2D eigenvalue weighted by Gasteiger charge is -2.35. The van der Waals surface area contributed by atoms with E-state index in [4.69, 9.17) is 20.9 Å². The minimum absolute atomic E-state index is 0.0446. The van der Waals surface area contributed by atoms with Crippen molar-refractivity contribution in [3.8, 4) is 29.5 Å². The topological polar surface area (TPSA) is 62.8 Å². The molecule has 7 nitrogen and oxygen atoms in total. The van der Waals surface area contributed by atoms with Gasteiger partial charge in [-0.25, -0.2) is 13.2 Å². The Morgan fingerprint density at radius 1 is 1.06 bits per heavy atom. The molecule has 3 saturated heterocycles. The highest BCUT2D eigenvalue weighted by molar-refractivity contribution is 6.03. The number of terminal acetylenes is 1. The minimum Gasteiger partial charge on any atom is -0.463 e. The van der Waals surface area contributed by atoms with Gasteiger partial charge in [-0.1, -0.05) is 43.5 Å². The molecule has 1 unspecified atom stereocenters. The van der Waals surface area contributed by atoms with Crippen LogP contribution in [0.1, 0.15) is 44.6 Å². The van der Waals surface area contributed by atoms with Crippen LogP contribution in [0.5, 0.6) is 6.01 Å². The zero-order valence-corrected chi connectivity index (χ0v) is 26.9. The largest absolute Gasteiger partial charge is 0.463 e. The second-order valence-corrected chi connectivity index (χ2v) is 13.6. The molecule has 3 aliphatic rings. The van der Waals surface area contributed by atoms with Gasteiger partial charge in [0.1, 0.15) is 23.0 Å². The Bertz CT molecular complexity index is 1850. The lowest BCUT2D eigenvalue weighted by atomic mass is 9.86. The highest BCUT2D eigenvalue weighted by Crippen LogP contribution is 2.40. The highest BCUT2D eigenvalue weighted by Gasteiger charge is 2.35.